The molecule has 6 nitrogen and oxygen atoms in total. The number of imide groups is 1. The predicted octanol–water partition coefficient (Wildman–Crippen LogP) is 4.79. The first kappa shape index (κ1) is 25.0. The zero-order valence-electron chi connectivity index (χ0n) is 19.8. The van der Waals surface area contributed by atoms with Gasteiger partial charge >= 0.3 is 12.1 Å². The van der Waals surface area contributed by atoms with Crippen LogP contribution in [0.1, 0.15) is 49.3 Å². The van der Waals surface area contributed by atoms with E-state index < -0.39 is 29.7 Å². The Morgan fingerprint density at radius 1 is 1.03 bits per heavy atom. The smallest absolute Gasteiger partial charge is 0.326 e. The maximum Gasteiger partial charge on any atom is 0.326 e. The van der Waals surface area contributed by atoms with Crippen molar-refractivity contribution in [3.05, 3.63) is 71.0 Å². The Labute approximate surface area is 203 Å². The number of carbonyl (C=O) groups excluding carboxylic acids is 2. The fourth-order valence-electron chi connectivity index (χ4n) is 5.03. The van der Waals surface area contributed by atoms with Crippen LogP contribution >= 0.6 is 0 Å². The van der Waals surface area contributed by atoms with E-state index in [4.69, 9.17) is 0 Å². The molecule has 2 fully saturated rings. The molecule has 0 radical (unpaired) electrons. The van der Waals surface area contributed by atoms with Gasteiger partial charge in [0.05, 0.1) is 6.04 Å². The average Bonchev–Trinajstić information content (AvgIpc) is 2.85. The number of likely N-dealkylation sites (tertiary alicyclic amines) is 1. The van der Waals surface area contributed by atoms with Gasteiger partial charge in [-0.3, -0.25) is 0 Å². The second kappa shape index (κ2) is 11.1. The Kier molecular flexibility index (Phi) is 7.95. The SMILES string of the molecule is C[C@H]1CNC(=O)N(C(=O)NCCCN2CCC(c3ccc(F)cc3)CC2)[C@@H]1c1ccc(F)c(F)c1. The van der Waals surface area contributed by atoms with Gasteiger partial charge in [-0.25, -0.2) is 27.7 Å². The van der Waals surface area contributed by atoms with E-state index >= 15 is 0 Å². The average molecular weight is 489 g/mol. The van der Waals surface area contributed by atoms with E-state index in [9.17, 15) is 22.8 Å². The van der Waals surface area contributed by atoms with Crippen molar-refractivity contribution in [1.29, 1.82) is 0 Å². The summed E-state index contributed by atoms with van der Waals surface area (Å²) in [7, 11) is 0. The van der Waals surface area contributed by atoms with E-state index in [0.717, 1.165) is 49.5 Å². The molecule has 0 unspecified atom stereocenters. The predicted molar refractivity (Wildman–Crippen MR) is 126 cm³/mol. The minimum Gasteiger partial charge on any atom is -0.338 e. The van der Waals surface area contributed by atoms with Gasteiger partial charge in [-0.2, -0.15) is 0 Å². The molecule has 0 saturated carbocycles. The van der Waals surface area contributed by atoms with Crippen LogP contribution in [0.4, 0.5) is 22.8 Å². The first-order chi connectivity index (χ1) is 16.8. The van der Waals surface area contributed by atoms with Crippen molar-refractivity contribution in [3.63, 3.8) is 0 Å². The molecule has 9 heteroatoms. The number of hydrogen-bond acceptors (Lipinski definition) is 3. The minimum absolute atomic E-state index is 0.175. The summed E-state index contributed by atoms with van der Waals surface area (Å²) in [4.78, 5) is 28.8. The summed E-state index contributed by atoms with van der Waals surface area (Å²) in [5.41, 5.74) is 1.55. The zero-order chi connectivity index (χ0) is 24.9. The molecule has 2 aromatic carbocycles. The van der Waals surface area contributed by atoms with Gasteiger partial charge in [0.2, 0.25) is 0 Å². The van der Waals surface area contributed by atoms with E-state index in [0.29, 0.717) is 31.0 Å². The molecule has 4 rings (SSSR count). The second-order valence-electron chi connectivity index (χ2n) is 9.40. The highest BCUT2D eigenvalue weighted by Gasteiger charge is 2.38. The van der Waals surface area contributed by atoms with Crippen LogP contribution < -0.4 is 10.6 Å². The van der Waals surface area contributed by atoms with E-state index in [1.165, 1.54) is 23.8 Å². The number of nitrogens with zero attached hydrogens (tertiary/aromatic N) is 2. The van der Waals surface area contributed by atoms with E-state index in [1.807, 2.05) is 19.1 Å². The van der Waals surface area contributed by atoms with Gasteiger partial charge < -0.3 is 15.5 Å². The highest BCUT2D eigenvalue weighted by Crippen LogP contribution is 2.32. The third-order valence-corrected chi connectivity index (χ3v) is 6.97. The van der Waals surface area contributed by atoms with Gasteiger partial charge in [0.25, 0.3) is 0 Å². The molecule has 2 N–H and O–H groups in total. The van der Waals surface area contributed by atoms with Gasteiger partial charge in [0.15, 0.2) is 11.6 Å². The van der Waals surface area contributed by atoms with Crippen LogP contribution in [-0.2, 0) is 0 Å². The molecule has 0 aromatic heterocycles. The monoisotopic (exact) mass is 488 g/mol. The van der Waals surface area contributed by atoms with E-state index in [1.54, 1.807) is 0 Å². The van der Waals surface area contributed by atoms with Gasteiger partial charge in [-0.1, -0.05) is 25.1 Å². The summed E-state index contributed by atoms with van der Waals surface area (Å²) in [5.74, 6) is -1.95. The molecule has 0 bridgehead atoms. The maximum atomic E-state index is 13.8. The van der Waals surface area contributed by atoms with Crippen molar-refractivity contribution in [1.82, 2.24) is 20.4 Å². The number of nitrogens with one attached hydrogen (secondary N) is 2. The maximum absolute atomic E-state index is 13.8. The minimum atomic E-state index is -1.01. The Hall–Kier alpha value is -3.07. The highest BCUT2D eigenvalue weighted by molar-refractivity contribution is 5.94. The number of carbonyl (C=O) groups is 2. The van der Waals surface area contributed by atoms with Crippen LogP contribution in [0.15, 0.2) is 42.5 Å². The molecule has 2 heterocycles. The lowest BCUT2D eigenvalue weighted by molar-refractivity contribution is 0.134. The molecule has 0 spiro atoms. The summed E-state index contributed by atoms with van der Waals surface area (Å²) < 4.78 is 40.4. The number of piperidine rings is 1. The summed E-state index contributed by atoms with van der Waals surface area (Å²) in [6.07, 6.45) is 2.72. The Morgan fingerprint density at radius 2 is 1.71 bits per heavy atom. The van der Waals surface area contributed by atoms with Crippen molar-refractivity contribution in [2.24, 2.45) is 5.92 Å². The third kappa shape index (κ3) is 5.96. The number of hydrogen-bond donors (Lipinski definition) is 2. The first-order valence-electron chi connectivity index (χ1n) is 12.1. The molecule has 4 amide bonds. The molecule has 0 aliphatic carbocycles. The van der Waals surface area contributed by atoms with Crippen molar-refractivity contribution in [2.45, 2.75) is 38.1 Å². The molecule has 2 aromatic rings. The lowest BCUT2D eigenvalue weighted by Crippen LogP contribution is -2.57. The lowest BCUT2D eigenvalue weighted by Gasteiger charge is -2.39. The van der Waals surface area contributed by atoms with Crippen LogP contribution in [0.25, 0.3) is 0 Å². The molecule has 188 valence electrons. The fourth-order valence-corrected chi connectivity index (χ4v) is 5.03. The quantitative estimate of drug-likeness (QED) is 0.575. The number of rotatable bonds is 6. The summed E-state index contributed by atoms with van der Waals surface area (Å²) >= 11 is 0. The number of urea groups is 2. The highest BCUT2D eigenvalue weighted by atomic mass is 19.2. The lowest BCUT2D eigenvalue weighted by atomic mass is 9.89. The van der Waals surface area contributed by atoms with Crippen LogP contribution in [-0.4, -0.2) is 54.6 Å². The van der Waals surface area contributed by atoms with Crippen molar-refractivity contribution < 1.29 is 22.8 Å². The standard InChI is InChI=1S/C26H31F3N4O2/c1-17-16-31-26(35)33(24(17)20-5-8-22(28)23(29)15-20)25(34)30-11-2-12-32-13-9-19(10-14-32)18-3-6-21(27)7-4-18/h3-8,15,17,19,24H,2,9-14,16H2,1H3,(H,30,34)(H,31,35)/t17-,24-/m0/s1. The van der Waals surface area contributed by atoms with Crippen LogP contribution in [0.2, 0.25) is 0 Å². The van der Waals surface area contributed by atoms with E-state index in [2.05, 4.69) is 15.5 Å². The van der Waals surface area contributed by atoms with E-state index in [-0.39, 0.29) is 11.7 Å². The zero-order valence-corrected chi connectivity index (χ0v) is 19.8. The largest absolute Gasteiger partial charge is 0.338 e. The Balaban J connectivity index is 1.27. The van der Waals surface area contributed by atoms with Crippen LogP contribution in [0.3, 0.4) is 0 Å². The van der Waals surface area contributed by atoms with Crippen molar-refractivity contribution in [2.75, 3.05) is 32.7 Å². The van der Waals surface area contributed by atoms with Crippen molar-refractivity contribution >= 4 is 12.1 Å². The number of halogens is 3. The van der Waals surface area contributed by atoms with Crippen LogP contribution in [0, 0.1) is 23.4 Å². The summed E-state index contributed by atoms with van der Waals surface area (Å²) in [6, 6.07) is 8.39. The number of amides is 4. The Morgan fingerprint density at radius 3 is 2.40 bits per heavy atom. The fraction of sp³-hybridized carbons (Fsp3) is 0.462. The molecule has 2 atom stereocenters. The first-order valence-corrected chi connectivity index (χ1v) is 12.1. The molecular weight excluding hydrogens is 457 g/mol. The molecule has 35 heavy (non-hydrogen) atoms. The van der Waals surface area contributed by atoms with Crippen LogP contribution in [0.5, 0.6) is 0 Å². The number of benzene rings is 2. The van der Waals surface area contributed by atoms with Gasteiger partial charge in [-0.15, -0.1) is 0 Å². The van der Waals surface area contributed by atoms with Crippen molar-refractivity contribution in [3.8, 4) is 0 Å². The summed E-state index contributed by atoms with van der Waals surface area (Å²) in [5, 5.41) is 5.49. The Bertz CT molecular complexity index is 1040. The second-order valence-corrected chi connectivity index (χ2v) is 9.40. The normalized spacial score (nSPS) is 21.6. The third-order valence-electron chi connectivity index (χ3n) is 6.97. The van der Waals surface area contributed by atoms with Gasteiger partial charge in [-0.05, 0) is 86.1 Å². The topological polar surface area (TPSA) is 64.7 Å². The van der Waals surface area contributed by atoms with Gasteiger partial charge in [0.1, 0.15) is 5.82 Å². The summed E-state index contributed by atoms with van der Waals surface area (Å²) in [6.45, 7) is 5.24. The molecule has 2 saturated heterocycles. The van der Waals surface area contributed by atoms with Gasteiger partial charge in [0, 0.05) is 13.1 Å². The molecular formula is C26H31F3N4O2. The molecule has 2 aliphatic heterocycles. The molecule has 2 aliphatic rings.